The molecule has 0 atom stereocenters. The fraction of sp³-hybridized carbons (Fsp3) is 0.250. The molecule has 0 fully saturated rings. The highest BCUT2D eigenvalue weighted by atomic mass is 32.1. The molecule has 2 aromatic rings. The third-order valence-electron chi connectivity index (χ3n) is 2.90. The first kappa shape index (κ1) is 12.7. The maximum Gasteiger partial charge on any atom is 0.307 e. The summed E-state index contributed by atoms with van der Waals surface area (Å²) in [6.45, 7) is 2.31. The summed E-state index contributed by atoms with van der Waals surface area (Å²) >= 11 is 1.52. The standard InChI is InChI=1S/C12H11N3O4S/c1-12(18-4-5-19-12)11-3-2-10(20-11)8-14-7-9(6-13-14)15(16)17/h2-7H,8H2,1H3. The first-order valence-corrected chi connectivity index (χ1v) is 6.65. The second kappa shape index (κ2) is 4.64. The molecule has 3 rings (SSSR count). The Kier molecular flexibility index (Phi) is 2.94. The molecule has 2 aromatic heterocycles. The van der Waals surface area contributed by atoms with Crippen LogP contribution in [0.5, 0.6) is 0 Å². The van der Waals surface area contributed by atoms with Crippen LogP contribution in [0.3, 0.4) is 0 Å². The number of ether oxygens (including phenoxy) is 2. The molecular formula is C12H11N3O4S. The van der Waals surface area contributed by atoms with Gasteiger partial charge in [0.1, 0.15) is 24.9 Å². The van der Waals surface area contributed by atoms with Crippen LogP contribution < -0.4 is 0 Å². The van der Waals surface area contributed by atoms with Gasteiger partial charge in [0.2, 0.25) is 0 Å². The molecule has 0 aliphatic carbocycles. The number of aromatic nitrogens is 2. The van der Waals surface area contributed by atoms with E-state index in [-0.39, 0.29) is 5.69 Å². The van der Waals surface area contributed by atoms with Crippen molar-refractivity contribution in [1.29, 1.82) is 0 Å². The van der Waals surface area contributed by atoms with Crippen LogP contribution in [-0.4, -0.2) is 14.7 Å². The second-order valence-electron chi connectivity index (χ2n) is 4.37. The molecule has 8 heteroatoms. The van der Waals surface area contributed by atoms with Crippen LogP contribution in [0.2, 0.25) is 0 Å². The molecule has 0 bridgehead atoms. The van der Waals surface area contributed by atoms with E-state index in [9.17, 15) is 10.1 Å². The molecule has 3 heterocycles. The quantitative estimate of drug-likeness (QED) is 0.639. The molecule has 0 saturated heterocycles. The van der Waals surface area contributed by atoms with E-state index in [0.29, 0.717) is 6.54 Å². The minimum atomic E-state index is -0.779. The average Bonchev–Trinajstić information content (AvgIpc) is 3.10. The highest BCUT2D eigenvalue weighted by molar-refractivity contribution is 7.12. The van der Waals surface area contributed by atoms with Crippen LogP contribution in [0.1, 0.15) is 16.7 Å². The molecule has 20 heavy (non-hydrogen) atoms. The molecule has 0 aromatic carbocycles. The highest BCUT2D eigenvalue weighted by Gasteiger charge is 2.33. The van der Waals surface area contributed by atoms with E-state index in [0.717, 1.165) is 9.75 Å². The van der Waals surface area contributed by atoms with Gasteiger partial charge in [-0.3, -0.25) is 14.8 Å². The van der Waals surface area contributed by atoms with E-state index in [1.165, 1.54) is 40.9 Å². The van der Waals surface area contributed by atoms with Crippen LogP contribution in [-0.2, 0) is 21.8 Å². The number of hydrogen-bond acceptors (Lipinski definition) is 6. The minimum absolute atomic E-state index is 0.0135. The molecule has 0 N–H and O–H groups in total. The summed E-state index contributed by atoms with van der Waals surface area (Å²) in [6, 6.07) is 3.86. The van der Waals surface area contributed by atoms with Crippen molar-refractivity contribution in [2.75, 3.05) is 0 Å². The van der Waals surface area contributed by atoms with Crippen LogP contribution in [0, 0.1) is 10.1 Å². The summed E-state index contributed by atoms with van der Waals surface area (Å²) in [5.41, 5.74) is -0.0135. The lowest BCUT2D eigenvalue weighted by atomic mass is 10.2. The molecule has 0 amide bonds. The normalized spacial score (nSPS) is 15.8. The van der Waals surface area contributed by atoms with Crippen molar-refractivity contribution in [2.45, 2.75) is 19.3 Å². The maximum absolute atomic E-state index is 10.6. The Hall–Kier alpha value is -2.35. The number of thiophene rings is 1. The Bertz CT molecular complexity index is 668. The van der Waals surface area contributed by atoms with E-state index in [4.69, 9.17) is 9.47 Å². The summed E-state index contributed by atoms with van der Waals surface area (Å²) < 4.78 is 12.4. The van der Waals surface area contributed by atoms with E-state index in [1.54, 1.807) is 0 Å². The smallest absolute Gasteiger partial charge is 0.307 e. The number of nitro groups is 1. The largest absolute Gasteiger partial charge is 0.452 e. The van der Waals surface area contributed by atoms with Crippen LogP contribution in [0.25, 0.3) is 0 Å². The van der Waals surface area contributed by atoms with Crippen LogP contribution in [0.15, 0.2) is 37.1 Å². The number of hydrogen-bond donors (Lipinski definition) is 0. The summed E-state index contributed by atoms with van der Waals surface area (Å²) in [4.78, 5) is 12.1. The van der Waals surface area contributed by atoms with Gasteiger partial charge < -0.3 is 9.47 Å². The van der Waals surface area contributed by atoms with Gasteiger partial charge in [-0.05, 0) is 12.1 Å². The fourth-order valence-corrected chi connectivity index (χ4v) is 2.89. The number of nitrogens with zero attached hydrogens (tertiary/aromatic N) is 3. The SMILES string of the molecule is CC1(c2ccc(Cn3cc([N+](=O)[O-])cn3)s2)OC=CO1. The van der Waals surface area contributed by atoms with Gasteiger partial charge in [0.15, 0.2) is 0 Å². The molecule has 1 aliphatic rings. The summed E-state index contributed by atoms with van der Waals surface area (Å²) in [6.07, 6.45) is 5.67. The average molecular weight is 293 g/mol. The zero-order chi connectivity index (χ0) is 14.2. The molecule has 1 aliphatic heterocycles. The van der Waals surface area contributed by atoms with E-state index >= 15 is 0 Å². The van der Waals surface area contributed by atoms with Crippen LogP contribution >= 0.6 is 11.3 Å². The first-order valence-electron chi connectivity index (χ1n) is 5.83. The Morgan fingerprint density at radius 3 is 2.85 bits per heavy atom. The predicted molar refractivity (Wildman–Crippen MR) is 71.0 cm³/mol. The van der Waals surface area contributed by atoms with E-state index in [1.807, 2.05) is 19.1 Å². The number of rotatable bonds is 4. The van der Waals surface area contributed by atoms with Gasteiger partial charge in [-0.2, -0.15) is 5.10 Å². The molecule has 104 valence electrons. The zero-order valence-electron chi connectivity index (χ0n) is 10.6. The highest BCUT2D eigenvalue weighted by Crippen LogP contribution is 2.36. The fourth-order valence-electron chi connectivity index (χ4n) is 1.86. The second-order valence-corrected chi connectivity index (χ2v) is 5.54. The maximum atomic E-state index is 10.6. The van der Waals surface area contributed by atoms with Crippen molar-refractivity contribution >= 4 is 17.0 Å². The molecule has 0 saturated carbocycles. The van der Waals surface area contributed by atoms with Crippen molar-refractivity contribution in [1.82, 2.24) is 9.78 Å². The van der Waals surface area contributed by atoms with E-state index in [2.05, 4.69) is 5.10 Å². The minimum Gasteiger partial charge on any atom is -0.452 e. The molecule has 0 unspecified atom stereocenters. The lowest BCUT2D eigenvalue weighted by Crippen LogP contribution is -2.20. The van der Waals surface area contributed by atoms with Gasteiger partial charge in [0, 0.05) is 11.8 Å². The Balaban J connectivity index is 1.75. The predicted octanol–water partition coefficient (Wildman–Crippen LogP) is 2.59. The summed E-state index contributed by atoms with van der Waals surface area (Å²) in [7, 11) is 0. The van der Waals surface area contributed by atoms with Crippen molar-refractivity contribution in [3.8, 4) is 0 Å². The van der Waals surface area contributed by atoms with Gasteiger partial charge in [0.25, 0.3) is 5.79 Å². The lowest BCUT2D eigenvalue weighted by Gasteiger charge is -2.20. The van der Waals surface area contributed by atoms with Crippen LogP contribution in [0.4, 0.5) is 5.69 Å². The third-order valence-corrected chi connectivity index (χ3v) is 4.15. The summed E-state index contributed by atoms with van der Waals surface area (Å²) in [5.74, 6) is -0.779. The van der Waals surface area contributed by atoms with Crippen molar-refractivity contribution < 1.29 is 14.4 Å². The first-order chi connectivity index (χ1) is 9.57. The topological polar surface area (TPSA) is 79.4 Å². The molecule has 7 nitrogen and oxygen atoms in total. The Morgan fingerprint density at radius 1 is 1.45 bits per heavy atom. The van der Waals surface area contributed by atoms with Gasteiger partial charge in [-0.15, -0.1) is 11.3 Å². The third kappa shape index (κ3) is 2.25. The monoisotopic (exact) mass is 293 g/mol. The molecular weight excluding hydrogens is 282 g/mol. The Labute approximate surface area is 118 Å². The molecule has 0 radical (unpaired) electrons. The molecule has 0 spiro atoms. The van der Waals surface area contributed by atoms with Crippen molar-refractivity contribution in [2.24, 2.45) is 0 Å². The van der Waals surface area contributed by atoms with Gasteiger partial charge >= 0.3 is 5.69 Å². The van der Waals surface area contributed by atoms with Gasteiger partial charge in [0.05, 0.1) is 16.3 Å². The lowest BCUT2D eigenvalue weighted by molar-refractivity contribution is -0.385. The van der Waals surface area contributed by atoms with Crippen molar-refractivity contribution in [3.05, 3.63) is 56.9 Å². The Morgan fingerprint density at radius 2 is 2.20 bits per heavy atom. The summed E-state index contributed by atoms with van der Waals surface area (Å²) in [5, 5.41) is 14.6. The zero-order valence-corrected chi connectivity index (χ0v) is 11.4. The van der Waals surface area contributed by atoms with E-state index < -0.39 is 10.7 Å². The van der Waals surface area contributed by atoms with Crippen molar-refractivity contribution in [3.63, 3.8) is 0 Å². The van der Waals surface area contributed by atoms with Gasteiger partial charge in [-0.25, -0.2) is 0 Å². The van der Waals surface area contributed by atoms with Gasteiger partial charge in [-0.1, -0.05) is 0 Å².